The summed E-state index contributed by atoms with van der Waals surface area (Å²) in [4.78, 5) is 6.83. The molecule has 1 saturated heterocycles. The van der Waals surface area contributed by atoms with Crippen molar-refractivity contribution in [2.75, 3.05) is 13.1 Å². The number of fused-ring (bicyclic) bond motifs is 2. The first-order valence-corrected chi connectivity index (χ1v) is 10.6. The Labute approximate surface area is 176 Å². The third-order valence-corrected chi connectivity index (χ3v) is 5.93. The largest absolute Gasteiger partial charge is 0.490 e. The molecule has 0 atom stereocenters. The highest BCUT2D eigenvalue weighted by Crippen LogP contribution is 2.30. The van der Waals surface area contributed by atoms with Gasteiger partial charge in [0.15, 0.2) is 0 Å². The number of piperidine rings is 1. The Morgan fingerprint density at radius 2 is 1.77 bits per heavy atom. The zero-order chi connectivity index (χ0) is 20.5. The number of benzene rings is 3. The van der Waals surface area contributed by atoms with Gasteiger partial charge in [0, 0.05) is 36.8 Å². The molecule has 1 aromatic heterocycles. The monoisotopic (exact) mass is 400 g/mol. The highest BCUT2D eigenvalue weighted by molar-refractivity contribution is 5.85. The fraction of sp³-hybridized carbons (Fsp3) is 0.269. The van der Waals surface area contributed by atoms with Crippen molar-refractivity contribution in [2.45, 2.75) is 32.4 Å². The van der Waals surface area contributed by atoms with Gasteiger partial charge in [-0.2, -0.15) is 0 Å². The van der Waals surface area contributed by atoms with E-state index in [0.29, 0.717) is 5.52 Å². The number of aryl methyl sites for hydroxylation is 1. The number of nitrogens with zero attached hydrogens (tertiary/aromatic N) is 2. The van der Waals surface area contributed by atoms with E-state index in [9.17, 15) is 4.39 Å². The summed E-state index contributed by atoms with van der Waals surface area (Å²) in [7, 11) is 0. The van der Waals surface area contributed by atoms with Gasteiger partial charge in [-0.25, -0.2) is 9.37 Å². The molecule has 3 aromatic carbocycles. The molecule has 0 aliphatic carbocycles. The minimum atomic E-state index is -0.300. The van der Waals surface area contributed by atoms with Crippen molar-refractivity contribution in [3.05, 3.63) is 83.8 Å². The summed E-state index contributed by atoms with van der Waals surface area (Å²) in [6.07, 6.45) is 2.07. The summed E-state index contributed by atoms with van der Waals surface area (Å²) in [6, 6.07) is 22.2. The second-order valence-electron chi connectivity index (χ2n) is 8.17. The molecule has 5 rings (SSSR count). The molecule has 0 unspecified atom stereocenters. The average molecular weight is 400 g/mol. The normalized spacial score (nSPS) is 15.7. The Balaban J connectivity index is 1.25. The third-order valence-electron chi connectivity index (χ3n) is 5.93. The van der Waals surface area contributed by atoms with Crippen molar-refractivity contribution in [2.24, 2.45) is 0 Å². The second-order valence-corrected chi connectivity index (χ2v) is 8.17. The van der Waals surface area contributed by atoms with E-state index in [1.54, 1.807) is 6.07 Å². The summed E-state index contributed by atoms with van der Waals surface area (Å²) in [5.41, 5.74) is 2.51. The zero-order valence-corrected chi connectivity index (χ0v) is 17.1. The average Bonchev–Trinajstić information content (AvgIpc) is 2.76. The molecule has 0 amide bonds. The molecular formula is C26H25FN2O. The minimum absolute atomic E-state index is 0.145. The molecule has 152 valence electrons. The van der Waals surface area contributed by atoms with Crippen LogP contribution < -0.4 is 4.74 Å². The van der Waals surface area contributed by atoms with Crippen LogP contribution in [-0.4, -0.2) is 29.1 Å². The molecule has 3 nitrogen and oxygen atoms in total. The van der Waals surface area contributed by atoms with Crippen LogP contribution in [0.1, 0.15) is 24.1 Å². The van der Waals surface area contributed by atoms with E-state index < -0.39 is 0 Å². The van der Waals surface area contributed by atoms with Gasteiger partial charge in [0.05, 0.1) is 0 Å². The van der Waals surface area contributed by atoms with Gasteiger partial charge in [-0.3, -0.25) is 4.90 Å². The maximum Gasteiger partial charge on any atom is 0.149 e. The maximum atomic E-state index is 14.2. The van der Waals surface area contributed by atoms with Crippen LogP contribution in [0.5, 0.6) is 5.75 Å². The van der Waals surface area contributed by atoms with Crippen molar-refractivity contribution >= 4 is 21.7 Å². The van der Waals surface area contributed by atoms with E-state index in [1.165, 1.54) is 22.4 Å². The quantitative estimate of drug-likeness (QED) is 0.428. The fourth-order valence-electron chi connectivity index (χ4n) is 4.36. The Morgan fingerprint density at radius 1 is 0.967 bits per heavy atom. The number of para-hydroxylation sites is 1. The van der Waals surface area contributed by atoms with Gasteiger partial charge < -0.3 is 4.74 Å². The van der Waals surface area contributed by atoms with E-state index in [4.69, 9.17) is 4.74 Å². The number of hydrogen-bond donors (Lipinski definition) is 0. The molecule has 1 fully saturated rings. The topological polar surface area (TPSA) is 25.4 Å². The van der Waals surface area contributed by atoms with E-state index in [2.05, 4.69) is 52.3 Å². The number of ether oxygens (including phenoxy) is 1. The number of hydrogen-bond acceptors (Lipinski definition) is 3. The second kappa shape index (κ2) is 8.04. The molecule has 4 heteroatoms. The van der Waals surface area contributed by atoms with Gasteiger partial charge in [-0.1, -0.05) is 42.5 Å². The fourth-order valence-corrected chi connectivity index (χ4v) is 4.36. The number of likely N-dealkylation sites (tertiary alicyclic amines) is 1. The van der Waals surface area contributed by atoms with Gasteiger partial charge in [0.25, 0.3) is 0 Å². The molecule has 30 heavy (non-hydrogen) atoms. The van der Waals surface area contributed by atoms with E-state index >= 15 is 0 Å². The molecule has 0 spiro atoms. The van der Waals surface area contributed by atoms with E-state index in [0.717, 1.165) is 49.3 Å². The third kappa shape index (κ3) is 3.88. The highest BCUT2D eigenvalue weighted by Gasteiger charge is 2.22. The summed E-state index contributed by atoms with van der Waals surface area (Å²) >= 11 is 0. The summed E-state index contributed by atoms with van der Waals surface area (Å²) in [5, 5.41) is 3.32. The lowest BCUT2D eigenvalue weighted by atomic mass is 10.0. The smallest absolute Gasteiger partial charge is 0.149 e. The Morgan fingerprint density at radius 3 is 2.60 bits per heavy atom. The van der Waals surface area contributed by atoms with Crippen molar-refractivity contribution in [1.29, 1.82) is 0 Å². The Bertz CT molecular complexity index is 1200. The van der Waals surface area contributed by atoms with Crippen molar-refractivity contribution in [3.8, 4) is 5.75 Å². The SMILES string of the molecule is Cc1cc(OC2CCN(Cc3ccc4ccccc4c3)CC2)c2cccc(F)c2n1. The molecule has 0 bridgehead atoms. The highest BCUT2D eigenvalue weighted by atomic mass is 19.1. The number of rotatable bonds is 4. The van der Waals surface area contributed by atoms with Crippen LogP contribution in [0.3, 0.4) is 0 Å². The van der Waals surface area contributed by atoms with Crippen LogP contribution >= 0.6 is 0 Å². The van der Waals surface area contributed by atoms with Crippen LogP contribution in [0.15, 0.2) is 66.7 Å². The van der Waals surface area contributed by atoms with Crippen LogP contribution in [0, 0.1) is 12.7 Å². The lowest BCUT2D eigenvalue weighted by molar-refractivity contribution is 0.0979. The van der Waals surface area contributed by atoms with Crippen molar-refractivity contribution < 1.29 is 9.13 Å². The molecule has 1 aliphatic rings. The van der Waals surface area contributed by atoms with E-state index in [1.807, 2.05) is 19.1 Å². The predicted molar refractivity (Wildman–Crippen MR) is 119 cm³/mol. The van der Waals surface area contributed by atoms with Crippen LogP contribution in [0.2, 0.25) is 0 Å². The van der Waals surface area contributed by atoms with Gasteiger partial charge in [0.2, 0.25) is 0 Å². The Kier molecular flexibility index (Phi) is 5.09. The van der Waals surface area contributed by atoms with Crippen LogP contribution in [0.4, 0.5) is 4.39 Å². The minimum Gasteiger partial charge on any atom is -0.490 e. The zero-order valence-electron chi connectivity index (χ0n) is 17.1. The molecule has 2 heterocycles. The first-order chi connectivity index (χ1) is 14.7. The van der Waals surface area contributed by atoms with Gasteiger partial charge >= 0.3 is 0 Å². The molecule has 0 saturated carbocycles. The summed E-state index contributed by atoms with van der Waals surface area (Å²) in [5.74, 6) is 0.441. The van der Waals surface area contributed by atoms with Gasteiger partial charge in [-0.05, 0) is 54.3 Å². The molecule has 0 radical (unpaired) electrons. The maximum absolute atomic E-state index is 14.2. The van der Waals surface area contributed by atoms with Gasteiger partial charge in [0.1, 0.15) is 23.2 Å². The summed E-state index contributed by atoms with van der Waals surface area (Å²) in [6.45, 7) is 4.83. The molecule has 0 N–H and O–H groups in total. The number of pyridine rings is 1. The summed E-state index contributed by atoms with van der Waals surface area (Å²) < 4.78 is 20.5. The molecule has 1 aliphatic heterocycles. The Hall–Kier alpha value is -2.98. The molecule has 4 aromatic rings. The predicted octanol–water partition coefficient (Wildman–Crippen LogP) is 5.88. The lowest BCUT2D eigenvalue weighted by Gasteiger charge is -2.32. The van der Waals surface area contributed by atoms with E-state index in [-0.39, 0.29) is 11.9 Å². The first-order valence-electron chi connectivity index (χ1n) is 10.6. The standard InChI is InChI=1S/C26H25FN2O/c1-18-15-25(23-7-4-8-24(27)26(23)28-18)30-22-11-13-29(14-12-22)17-19-9-10-20-5-2-3-6-21(20)16-19/h2-10,15-16,22H,11-14,17H2,1H3. The van der Waals surface area contributed by atoms with Crippen LogP contribution in [-0.2, 0) is 6.54 Å². The first kappa shape index (κ1) is 19.0. The molecular weight excluding hydrogens is 375 g/mol. The van der Waals surface area contributed by atoms with Gasteiger partial charge in [-0.15, -0.1) is 0 Å². The number of aromatic nitrogens is 1. The lowest BCUT2D eigenvalue weighted by Crippen LogP contribution is -2.37. The van der Waals surface area contributed by atoms with Crippen molar-refractivity contribution in [3.63, 3.8) is 0 Å². The van der Waals surface area contributed by atoms with Crippen LogP contribution in [0.25, 0.3) is 21.7 Å². The number of halogens is 1. The van der Waals surface area contributed by atoms with Crippen molar-refractivity contribution in [1.82, 2.24) is 9.88 Å².